The number of amides is 2. The average Bonchev–Trinajstić information content (AvgIpc) is 3.52. The minimum atomic E-state index is -0.543. The van der Waals surface area contributed by atoms with Crippen molar-refractivity contribution in [3.63, 3.8) is 0 Å². The van der Waals surface area contributed by atoms with Gasteiger partial charge in [0.1, 0.15) is 11.9 Å². The Morgan fingerprint density at radius 3 is 2.53 bits per heavy atom. The molecule has 0 fully saturated rings. The lowest BCUT2D eigenvalue weighted by Crippen LogP contribution is -2.46. The number of thiophene rings is 1. The van der Waals surface area contributed by atoms with E-state index in [1.165, 1.54) is 4.88 Å². The van der Waals surface area contributed by atoms with Crippen LogP contribution in [0, 0.1) is 0 Å². The van der Waals surface area contributed by atoms with Crippen LogP contribution in [0.2, 0.25) is 0 Å². The Labute approximate surface area is 219 Å². The number of hydrogen-bond donors (Lipinski definition) is 3. The van der Waals surface area contributed by atoms with Crippen molar-refractivity contribution in [2.75, 3.05) is 20.1 Å². The first kappa shape index (κ1) is 27.9. The molecule has 1 atom stereocenters. The summed E-state index contributed by atoms with van der Waals surface area (Å²) in [6, 6.07) is 9.74. The molecule has 3 aromatic rings. The number of aromatic nitrogens is 2. The van der Waals surface area contributed by atoms with Crippen molar-refractivity contribution in [3.8, 4) is 0 Å². The lowest BCUT2D eigenvalue weighted by molar-refractivity contribution is -0.123. The first-order valence-corrected chi connectivity index (χ1v) is 14.2. The van der Waals surface area contributed by atoms with Gasteiger partial charge in [0, 0.05) is 29.4 Å². The Morgan fingerprint density at radius 1 is 1.08 bits per heavy atom. The average molecular weight is 512 g/mol. The Hall–Kier alpha value is -2.71. The Kier molecular flexibility index (Phi) is 10.9. The molecule has 36 heavy (non-hydrogen) atoms. The summed E-state index contributed by atoms with van der Waals surface area (Å²) in [5.74, 6) is 0.671. The number of benzene rings is 1. The van der Waals surface area contributed by atoms with Gasteiger partial charge in [-0.2, -0.15) is 0 Å². The molecule has 0 radical (unpaired) electrons. The summed E-state index contributed by atoms with van der Waals surface area (Å²) in [7, 11) is 1.92. The maximum atomic E-state index is 13.2. The third kappa shape index (κ3) is 7.17. The van der Waals surface area contributed by atoms with Crippen molar-refractivity contribution in [1.82, 2.24) is 25.5 Å². The summed E-state index contributed by atoms with van der Waals surface area (Å²) in [6.45, 7) is 7.97. The molecule has 7 nitrogen and oxygen atoms in total. The van der Waals surface area contributed by atoms with E-state index in [0.717, 1.165) is 61.9 Å². The predicted octanol–water partition coefficient (Wildman–Crippen LogP) is 5.06. The van der Waals surface area contributed by atoms with Crippen LogP contribution in [-0.2, 0) is 11.2 Å². The van der Waals surface area contributed by atoms with Crippen LogP contribution in [-0.4, -0.2) is 47.5 Å². The fourth-order valence-electron chi connectivity index (χ4n) is 4.61. The van der Waals surface area contributed by atoms with E-state index in [1.54, 1.807) is 11.3 Å². The van der Waals surface area contributed by atoms with E-state index in [4.69, 9.17) is 4.98 Å². The monoisotopic (exact) mass is 511 g/mol. The van der Waals surface area contributed by atoms with Gasteiger partial charge in [-0.3, -0.25) is 9.59 Å². The molecular weight excluding hydrogens is 470 g/mol. The molecule has 8 heteroatoms. The summed E-state index contributed by atoms with van der Waals surface area (Å²) in [5, 5.41) is 11.1. The third-order valence-electron chi connectivity index (χ3n) is 6.60. The van der Waals surface area contributed by atoms with Gasteiger partial charge < -0.3 is 20.5 Å². The third-order valence-corrected chi connectivity index (χ3v) is 7.47. The lowest BCUT2D eigenvalue weighted by Gasteiger charge is -2.19. The number of hydrogen-bond acceptors (Lipinski definition) is 5. The molecule has 0 aliphatic heterocycles. The van der Waals surface area contributed by atoms with E-state index >= 15 is 0 Å². The second-order valence-corrected chi connectivity index (χ2v) is 10.3. The molecule has 3 rings (SSSR count). The molecule has 1 aromatic carbocycles. The molecule has 0 saturated carbocycles. The fourth-order valence-corrected chi connectivity index (χ4v) is 5.31. The number of unbranched alkanes of at least 4 members (excludes halogenated alkanes) is 1. The summed E-state index contributed by atoms with van der Waals surface area (Å²) in [6.07, 6.45) is 6.13. The van der Waals surface area contributed by atoms with Crippen molar-refractivity contribution in [3.05, 3.63) is 52.0 Å². The lowest BCUT2D eigenvalue weighted by atomic mass is 10.1. The summed E-state index contributed by atoms with van der Waals surface area (Å²) in [5.41, 5.74) is 2.40. The molecule has 0 aliphatic rings. The second-order valence-electron chi connectivity index (χ2n) is 9.24. The zero-order valence-electron chi connectivity index (χ0n) is 22.1. The molecule has 3 N–H and O–H groups in total. The van der Waals surface area contributed by atoms with E-state index in [9.17, 15) is 9.59 Å². The van der Waals surface area contributed by atoms with Gasteiger partial charge in [0.25, 0.3) is 5.91 Å². The maximum absolute atomic E-state index is 13.2. The van der Waals surface area contributed by atoms with Gasteiger partial charge in [0.15, 0.2) is 0 Å². The molecule has 2 amide bonds. The van der Waals surface area contributed by atoms with Crippen LogP contribution in [0.25, 0.3) is 11.0 Å². The van der Waals surface area contributed by atoms with Gasteiger partial charge in [-0.05, 0) is 75.3 Å². The molecule has 0 bridgehead atoms. The number of carbonyl (C=O) groups excluding carboxylic acids is 2. The maximum Gasteiger partial charge on any atom is 0.252 e. The number of imidazole rings is 1. The molecule has 0 aliphatic carbocycles. The van der Waals surface area contributed by atoms with Gasteiger partial charge in [0.05, 0.1) is 11.0 Å². The highest BCUT2D eigenvalue weighted by atomic mass is 32.1. The van der Waals surface area contributed by atoms with Crippen LogP contribution in [0.15, 0.2) is 35.7 Å². The minimum Gasteiger partial charge on any atom is -0.354 e. The Balaban J connectivity index is 1.79. The second kappa shape index (κ2) is 14.1. The van der Waals surface area contributed by atoms with E-state index in [1.807, 2.05) is 32.2 Å². The van der Waals surface area contributed by atoms with Crippen LogP contribution in [0.4, 0.5) is 0 Å². The number of rotatable bonds is 15. The first-order chi connectivity index (χ1) is 17.5. The minimum absolute atomic E-state index is 0.119. The quantitative estimate of drug-likeness (QED) is 0.249. The fraction of sp³-hybridized carbons (Fsp3) is 0.536. The zero-order chi connectivity index (χ0) is 25.9. The predicted molar refractivity (Wildman–Crippen MR) is 149 cm³/mol. The molecular formula is C28H41N5O2S. The van der Waals surface area contributed by atoms with E-state index in [0.29, 0.717) is 24.6 Å². The highest BCUT2D eigenvalue weighted by Crippen LogP contribution is 2.28. The van der Waals surface area contributed by atoms with Gasteiger partial charge >= 0.3 is 0 Å². The van der Waals surface area contributed by atoms with E-state index in [2.05, 4.69) is 51.9 Å². The van der Waals surface area contributed by atoms with Crippen molar-refractivity contribution in [1.29, 1.82) is 0 Å². The van der Waals surface area contributed by atoms with Crippen molar-refractivity contribution < 1.29 is 9.59 Å². The Morgan fingerprint density at radius 2 is 1.86 bits per heavy atom. The Bertz CT molecular complexity index is 1100. The van der Waals surface area contributed by atoms with Gasteiger partial charge in [-0.1, -0.05) is 33.3 Å². The zero-order valence-corrected chi connectivity index (χ0v) is 22.9. The molecule has 2 heterocycles. The highest BCUT2D eigenvalue weighted by Gasteiger charge is 2.22. The molecule has 0 saturated heterocycles. The normalized spacial score (nSPS) is 12.2. The summed E-state index contributed by atoms with van der Waals surface area (Å²) in [4.78, 5) is 32.1. The van der Waals surface area contributed by atoms with Gasteiger partial charge in [0.2, 0.25) is 5.91 Å². The number of fused-ring (bicyclic) bond motifs is 1. The highest BCUT2D eigenvalue weighted by molar-refractivity contribution is 7.09. The number of carbonyl (C=O) groups is 2. The number of nitrogens with zero attached hydrogens (tertiary/aromatic N) is 2. The van der Waals surface area contributed by atoms with Gasteiger partial charge in [-0.15, -0.1) is 11.3 Å². The van der Waals surface area contributed by atoms with Crippen molar-refractivity contribution in [2.45, 2.75) is 77.8 Å². The van der Waals surface area contributed by atoms with Crippen molar-refractivity contribution in [2.24, 2.45) is 0 Å². The first-order valence-electron chi connectivity index (χ1n) is 13.3. The summed E-state index contributed by atoms with van der Waals surface area (Å²) < 4.78 is 2.35. The van der Waals surface area contributed by atoms with Crippen LogP contribution in [0.5, 0.6) is 0 Å². The van der Waals surface area contributed by atoms with Crippen LogP contribution in [0.1, 0.15) is 86.4 Å². The van der Waals surface area contributed by atoms with E-state index in [-0.39, 0.29) is 11.8 Å². The van der Waals surface area contributed by atoms with Crippen LogP contribution in [0.3, 0.4) is 0 Å². The number of nitrogens with one attached hydrogen (secondary N) is 3. The van der Waals surface area contributed by atoms with Crippen LogP contribution >= 0.6 is 11.3 Å². The molecule has 0 spiro atoms. The molecule has 2 aromatic heterocycles. The van der Waals surface area contributed by atoms with Crippen LogP contribution < -0.4 is 16.0 Å². The smallest absolute Gasteiger partial charge is 0.252 e. The SMILES string of the molecule is CCC[C@H](NC(=O)c1ccc2c(c1)nc(Cc1cccs1)n2C(CC)CC)C(=O)NCCCCNC. The molecule has 0 unspecified atom stereocenters. The topological polar surface area (TPSA) is 88.0 Å². The standard InChI is InChI=1S/C28H41N5O2S/c1-5-11-23(28(35)30-16-9-8-15-29-4)32-27(34)20-13-14-25-24(18-20)31-26(19-22-12-10-17-36-22)33(25)21(6-2)7-3/h10,12-14,17-18,21,23,29H,5-9,11,15-16,19H2,1-4H3,(H,30,35)(H,32,34)/t23-/m0/s1. The largest absolute Gasteiger partial charge is 0.354 e. The van der Waals surface area contributed by atoms with Crippen molar-refractivity contribution >= 4 is 34.2 Å². The van der Waals surface area contributed by atoms with E-state index < -0.39 is 6.04 Å². The molecule has 196 valence electrons. The van der Waals surface area contributed by atoms with Gasteiger partial charge in [-0.25, -0.2) is 4.98 Å². The summed E-state index contributed by atoms with van der Waals surface area (Å²) >= 11 is 1.74.